The number of aryl methyl sites for hydroxylation is 1. The van der Waals surface area contributed by atoms with Crippen LogP contribution in [-0.4, -0.2) is 16.3 Å². The van der Waals surface area contributed by atoms with Gasteiger partial charge in [0, 0.05) is 12.7 Å². The van der Waals surface area contributed by atoms with Crippen molar-refractivity contribution in [3.05, 3.63) is 53.6 Å². The lowest BCUT2D eigenvalue weighted by atomic mass is 10.0. The third-order valence-corrected chi connectivity index (χ3v) is 3.51. The zero-order valence-corrected chi connectivity index (χ0v) is 12.8. The Balaban J connectivity index is 2.19. The molecule has 21 heavy (non-hydrogen) atoms. The van der Waals surface area contributed by atoms with Gasteiger partial charge in [0.05, 0.1) is 11.7 Å². The van der Waals surface area contributed by atoms with Crippen LogP contribution in [0.15, 0.2) is 36.5 Å². The van der Waals surface area contributed by atoms with E-state index < -0.39 is 0 Å². The van der Waals surface area contributed by atoms with E-state index in [2.05, 4.69) is 30.3 Å². The third kappa shape index (κ3) is 4.39. The van der Waals surface area contributed by atoms with Crippen molar-refractivity contribution in [2.75, 3.05) is 6.54 Å². The second kappa shape index (κ2) is 7.93. The van der Waals surface area contributed by atoms with Crippen LogP contribution >= 0.6 is 0 Å². The summed E-state index contributed by atoms with van der Waals surface area (Å²) in [6, 6.07) is 9.07. The predicted octanol–water partition coefficient (Wildman–Crippen LogP) is 3.72. The zero-order chi connectivity index (χ0) is 15.1. The number of benzene rings is 1. The predicted molar refractivity (Wildman–Crippen MR) is 83.7 cm³/mol. The maximum absolute atomic E-state index is 13.4. The fourth-order valence-electron chi connectivity index (χ4n) is 2.54. The molecule has 1 aromatic heterocycles. The number of aromatic nitrogens is 2. The molecule has 4 heteroatoms. The summed E-state index contributed by atoms with van der Waals surface area (Å²) >= 11 is 0. The van der Waals surface area contributed by atoms with Crippen LogP contribution in [0.1, 0.15) is 44.0 Å². The van der Waals surface area contributed by atoms with Gasteiger partial charge in [-0.3, -0.25) is 4.68 Å². The number of hydrogen-bond acceptors (Lipinski definition) is 2. The van der Waals surface area contributed by atoms with Gasteiger partial charge in [-0.15, -0.1) is 0 Å². The third-order valence-electron chi connectivity index (χ3n) is 3.51. The fourth-order valence-corrected chi connectivity index (χ4v) is 2.54. The van der Waals surface area contributed by atoms with Crippen molar-refractivity contribution in [3.8, 4) is 0 Å². The van der Waals surface area contributed by atoms with E-state index in [0.717, 1.165) is 37.9 Å². The smallest absolute Gasteiger partial charge is 0.123 e. The molecule has 1 unspecified atom stereocenters. The first-order valence-electron chi connectivity index (χ1n) is 7.74. The molecule has 0 radical (unpaired) electrons. The van der Waals surface area contributed by atoms with Gasteiger partial charge < -0.3 is 5.32 Å². The lowest BCUT2D eigenvalue weighted by molar-refractivity contribution is 0.467. The molecule has 1 atom stereocenters. The Labute approximate surface area is 126 Å². The number of rotatable bonds is 8. The van der Waals surface area contributed by atoms with E-state index >= 15 is 0 Å². The van der Waals surface area contributed by atoms with Crippen molar-refractivity contribution in [3.63, 3.8) is 0 Å². The highest BCUT2D eigenvalue weighted by molar-refractivity contribution is 5.20. The van der Waals surface area contributed by atoms with Gasteiger partial charge in [-0.25, -0.2) is 4.39 Å². The van der Waals surface area contributed by atoms with Crippen LogP contribution in [-0.2, 0) is 13.0 Å². The Hall–Kier alpha value is -1.68. The molecule has 1 heterocycles. The fraction of sp³-hybridized carbons (Fsp3) is 0.471. The summed E-state index contributed by atoms with van der Waals surface area (Å²) in [5, 5.41) is 7.95. The molecule has 114 valence electrons. The van der Waals surface area contributed by atoms with Gasteiger partial charge >= 0.3 is 0 Å². The summed E-state index contributed by atoms with van der Waals surface area (Å²) in [6.45, 7) is 6.15. The molecule has 0 aliphatic rings. The first-order valence-corrected chi connectivity index (χ1v) is 7.74. The average molecular weight is 289 g/mol. The molecule has 1 N–H and O–H groups in total. The van der Waals surface area contributed by atoms with Crippen molar-refractivity contribution in [1.82, 2.24) is 15.1 Å². The largest absolute Gasteiger partial charge is 0.308 e. The maximum atomic E-state index is 13.4. The zero-order valence-electron chi connectivity index (χ0n) is 12.8. The van der Waals surface area contributed by atoms with Gasteiger partial charge in [0.15, 0.2) is 0 Å². The molecule has 2 rings (SSSR count). The first-order chi connectivity index (χ1) is 10.2. The molecule has 0 aliphatic heterocycles. The summed E-state index contributed by atoms with van der Waals surface area (Å²) in [4.78, 5) is 0. The monoisotopic (exact) mass is 289 g/mol. The molecule has 0 saturated carbocycles. The van der Waals surface area contributed by atoms with E-state index in [-0.39, 0.29) is 11.9 Å². The summed E-state index contributed by atoms with van der Waals surface area (Å²) in [5.41, 5.74) is 2.18. The summed E-state index contributed by atoms with van der Waals surface area (Å²) in [6.07, 6.45) is 4.74. The standard InChI is InChI=1S/C17H24FN3/c1-3-9-19-16(13-14-6-5-7-15(18)12-14)17-8-10-20-21(17)11-4-2/h5-8,10,12,16,19H,3-4,9,11,13H2,1-2H3. The lowest BCUT2D eigenvalue weighted by Gasteiger charge is -2.20. The quantitative estimate of drug-likeness (QED) is 0.802. The minimum Gasteiger partial charge on any atom is -0.308 e. The van der Waals surface area contributed by atoms with E-state index in [4.69, 9.17) is 0 Å². The van der Waals surface area contributed by atoms with Crippen LogP contribution in [0.25, 0.3) is 0 Å². The van der Waals surface area contributed by atoms with Crippen molar-refractivity contribution in [2.45, 2.75) is 45.7 Å². The molecular weight excluding hydrogens is 265 g/mol. The van der Waals surface area contributed by atoms with E-state index in [1.54, 1.807) is 12.1 Å². The van der Waals surface area contributed by atoms with E-state index in [0.29, 0.717) is 0 Å². The number of halogens is 1. The minimum absolute atomic E-state index is 0.167. The van der Waals surface area contributed by atoms with Gasteiger partial charge in [-0.1, -0.05) is 26.0 Å². The Morgan fingerprint density at radius 2 is 2.10 bits per heavy atom. The number of nitrogens with zero attached hydrogens (tertiary/aromatic N) is 2. The molecule has 0 amide bonds. The Morgan fingerprint density at radius 3 is 2.81 bits per heavy atom. The summed E-state index contributed by atoms with van der Waals surface area (Å²) in [5.74, 6) is -0.177. The second-order valence-electron chi connectivity index (χ2n) is 5.32. The van der Waals surface area contributed by atoms with Gasteiger partial charge in [0.2, 0.25) is 0 Å². The van der Waals surface area contributed by atoms with Crippen LogP contribution in [0.3, 0.4) is 0 Å². The van der Waals surface area contributed by atoms with E-state index in [1.165, 1.54) is 11.8 Å². The Bertz CT molecular complexity index is 550. The van der Waals surface area contributed by atoms with Crippen LogP contribution in [0.4, 0.5) is 4.39 Å². The highest BCUT2D eigenvalue weighted by Gasteiger charge is 2.16. The Kier molecular flexibility index (Phi) is 5.93. The normalized spacial score (nSPS) is 12.5. The maximum Gasteiger partial charge on any atom is 0.123 e. The van der Waals surface area contributed by atoms with Gasteiger partial charge in [-0.2, -0.15) is 5.10 Å². The topological polar surface area (TPSA) is 29.9 Å². The lowest BCUT2D eigenvalue weighted by Crippen LogP contribution is -2.26. The SMILES string of the molecule is CCCNC(Cc1cccc(F)c1)c1ccnn1CCC. The molecule has 2 aromatic rings. The van der Waals surface area contributed by atoms with Crippen LogP contribution < -0.4 is 5.32 Å². The van der Waals surface area contributed by atoms with Crippen LogP contribution in [0.5, 0.6) is 0 Å². The van der Waals surface area contributed by atoms with E-state index in [9.17, 15) is 4.39 Å². The molecule has 3 nitrogen and oxygen atoms in total. The van der Waals surface area contributed by atoms with Crippen molar-refractivity contribution in [1.29, 1.82) is 0 Å². The first kappa shape index (κ1) is 15.7. The molecule has 0 bridgehead atoms. The van der Waals surface area contributed by atoms with Crippen molar-refractivity contribution in [2.24, 2.45) is 0 Å². The highest BCUT2D eigenvalue weighted by atomic mass is 19.1. The highest BCUT2D eigenvalue weighted by Crippen LogP contribution is 2.19. The van der Waals surface area contributed by atoms with Crippen LogP contribution in [0.2, 0.25) is 0 Å². The van der Waals surface area contributed by atoms with E-state index in [1.807, 2.05) is 16.9 Å². The molecule has 0 saturated heterocycles. The molecular formula is C17H24FN3. The van der Waals surface area contributed by atoms with Gasteiger partial charge in [-0.05, 0) is 49.6 Å². The number of nitrogens with one attached hydrogen (secondary N) is 1. The molecule has 1 aromatic carbocycles. The van der Waals surface area contributed by atoms with Crippen molar-refractivity contribution < 1.29 is 4.39 Å². The summed E-state index contributed by atoms with van der Waals surface area (Å²) in [7, 11) is 0. The molecule has 0 spiro atoms. The number of hydrogen-bond donors (Lipinski definition) is 1. The average Bonchev–Trinajstić information content (AvgIpc) is 2.92. The molecule has 0 aliphatic carbocycles. The van der Waals surface area contributed by atoms with Gasteiger partial charge in [0.1, 0.15) is 5.82 Å². The second-order valence-corrected chi connectivity index (χ2v) is 5.32. The molecule has 0 fully saturated rings. The van der Waals surface area contributed by atoms with Crippen LogP contribution in [0, 0.1) is 5.82 Å². The minimum atomic E-state index is -0.177. The Morgan fingerprint density at radius 1 is 1.24 bits per heavy atom. The van der Waals surface area contributed by atoms with Gasteiger partial charge in [0.25, 0.3) is 0 Å². The summed E-state index contributed by atoms with van der Waals surface area (Å²) < 4.78 is 15.4. The van der Waals surface area contributed by atoms with Crippen molar-refractivity contribution >= 4 is 0 Å².